The van der Waals surface area contributed by atoms with Crippen molar-refractivity contribution in [3.63, 3.8) is 0 Å². The van der Waals surface area contributed by atoms with Gasteiger partial charge in [0.2, 0.25) is 0 Å². The van der Waals surface area contributed by atoms with Crippen LogP contribution in [0.1, 0.15) is 66.9 Å². The Morgan fingerprint density at radius 1 is 0.971 bits per heavy atom. The number of aliphatic imine (C=N–C) groups is 1. The monoisotopic (exact) mass is 493 g/mol. The summed E-state index contributed by atoms with van der Waals surface area (Å²) in [5, 5.41) is 11.0. The van der Waals surface area contributed by atoms with Crippen LogP contribution in [0.5, 0.6) is 17.2 Å². The first-order valence-corrected chi connectivity index (χ1v) is 12.4. The molecule has 184 valence electrons. The number of unbranched alkanes of at least 4 members (excludes halogenated alkanes) is 5. The molecule has 6 heteroatoms. The highest BCUT2D eigenvalue weighted by Crippen LogP contribution is 2.26. The molecule has 0 atom stereocenters. The van der Waals surface area contributed by atoms with Crippen LogP contribution in [-0.2, 0) is 0 Å². The van der Waals surface area contributed by atoms with Crippen LogP contribution in [-0.4, -0.2) is 23.9 Å². The minimum Gasteiger partial charge on any atom is -0.507 e. The predicted molar refractivity (Wildman–Crippen MR) is 142 cm³/mol. The van der Waals surface area contributed by atoms with E-state index in [2.05, 4.69) is 11.9 Å². The number of nitrogens with zero attached hydrogens (tertiary/aromatic N) is 1. The fraction of sp³-hybridized carbons (Fsp3) is 0.310. The lowest BCUT2D eigenvalue weighted by atomic mass is 10.1. The molecule has 3 rings (SSSR count). The van der Waals surface area contributed by atoms with Crippen LogP contribution in [0.3, 0.4) is 0 Å². The molecule has 3 aromatic carbocycles. The first kappa shape index (κ1) is 26.3. The Morgan fingerprint density at radius 3 is 2.43 bits per heavy atom. The third kappa shape index (κ3) is 8.15. The normalized spacial score (nSPS) is 11.1. The number of phenolic OH excluding ortho intramolecular Hbond substituents is 1. The second kappa shape index (κ2) is 13.5. The molecule has 1 N–H and O–H groups in total. The lowest BCUT2D eigenvalue weighted by Crippen LogP contribution is -2.10. The van der Waals surface area contributed by atoms with Gasteiger partial charge in [-0.05, 0) is 67.4 Å². The fourth-order valence-corrected chi connectivity index (χ4v) is 3.71. The SMILES string of the molecule is CCCCCCCCOc1ccc(C=Nc2cccc(C(=O)Oc3ccc(Cl)cc3)c2C)c(O)c1. The number of carbonyl (C=O) groups is 1. The Kier molecular flexibility index (Phi) is 10.2. The molecule has 35 heavy (non-hydrogen) atoms. The van der Waals surface area contributed by atoms with Crippen molar-refractivity contribution in [3.05, 3.63) is 82.4 Å². The van der Waals surface area contributed by atoms with Crippen molar-refractivity contribution >= 4 is 29.5 Å². The van der Waals surface area contributed by atoms with Gasteiger partial charge in [-0.3, -0.25) is 4.99 Å². The summed E-state index contributed by atoms with van der Waals surface area (Å²) in [4.78, 5) is 17.1. The summed E-state index contributed by atoms with van der Waals surface area (Å²) >= 11 is 5.88. The smallest absolute Gasteiger partial charge is 0.343 e. The summed E-state index contributed by atoms with van der Waals surface area (Å²) in [5.74, 6) is 0.662. The lowest BCUT2D eigenvalue weighted by molar-refractivity contribution is 0.0734. The maximum absolute atomic E-state index is 12.7. The third-order valence-electron chi connectivity index (χ3n) is 5.66. The minimum atomic E-state index is -0.475. The van der Waals surface area contributed by atoms with Crippen molar-refractivity contribution in [3.8, 4) is 17.2 Å². The average molecular weight is 494 g/mol. The van der Waals surface area contributed by atoms with Crippen molar-refractivity contribution in [2.45, 2.75) is 52.4 Å². The summed E-state index contributed by atoms with van der Waals surface area (Å²) < 4.78 is 11.2. The lowest BCUT2D eigenvalue weighted by Gasteiger charge is -2.09. The maximum Gasteiger partial charge on any atom is 0.343 e. The number of rotatable bonds is 12. The van der Waals surface area contributed by atoms with E-state index >= 15 is 0 Å². The van der Waals surface area contributed by atoms with Gasteiger partial charge in [-0.2, -0.15) is 0 Å². The van der Waals surface area contributed by atoms with E-state index in [9.17, 15) is 9.90 Å². The summed E-state index contributed by atoms with van der Waals surface area (Å²) in [6.45, 7) is 4.66. The second-order valence-corrected chi connectivity index (χ2v) is 8.82. The van der Waals surface area contributed by atoms with E-state index in [1.54, 1.807) is 60.8 Å². The van der Waals surface area contributed by atoms with Crippen molar-refractivity contribution < 1.29 is 19.4 Å². The molecule has 0 aliphatic rings. The van der Waals surface area contributed by atoms with E-state index < -0.39 is 5.97 Å². The highest BCUT2D eigenvalue weighted by molar-refractivity contribution is 6.30. The zero-order chi connectivity index (χ0) is 25.0. The van der Waals surface area contributed by atoms with E-state index in [0.29, 0.717) is 45.5 Å². The topological polar surface area (TPSA) is 68.1 Å². The zero-order valence-electron chi connectivity index (χ0n) is 20.3. The van der Waals surface area contributed by atoms with Gasteiger partial charge in [-0.25, -0.2) is 4.79 Å². The minimum absolute atomic E-state index is 0.0881. The Balaban J connectivity index is 1.60. The van der Waals surface area contributed by atoms with Gasteiger partial charge in [0.1, 0.15) is 17.2 Å². The quantitative estimate of drug-likeness (QED) is 0.120. The second-order valence-electron chi connectivity index (χ2n) is 8.39. The van der Waals surface area contributed by atoms with Gasteiger partial charge in [0.25, 0.3) is 0 Å². The number of phenols is 1. The molecule has 0 saturated heterocycles. The van der Waals surface area contributed by atoms with Gasteiger partial charge < -0.3 is 14.6 Å². The number of esters is 1. The largest absolute Gasteiger partial charge is 0.507 e. The molecule has 0 bridgehead atoms. The fourth-order valence-electron chi connectivity index (χ4n) is 3.58. The highest BCUT2D eigenvalue weighted by atomic mass is 35.5. The number of halogens is 1. The molecule has 3 aromatic rings. The molecule has 0 radical (unpaired) electrons. The highest BCUT2D eigenvalue weighted by Gasteiger charge is 2.14. The Morgan fingerprint density at radius 2 is 1.69 bits per heavy atom. The number of ether oxygens (including phenoxy) is 2. The molecular formula is C29H32ClNO4. The number of aromatic hydroxyl groups is 1. The van der Waals surface area contributed by atoms with E-state index in [4.69, 9.17) is 21.1 Å². The molecular weight excluding hydrogens is 462 g/mol. The first-order valence-electron chi connectivity index (χ1n) is 12.0. The van der Waals surface area contributed by atoms with Crippen LogP contribution >= 0.6 is 11.6 Å². The van der Waals surface area contributed by atoms with Crippen LogP contribution in [0.4, 0.5) is 5.69 Å². The van der Waals surface area contributed by atoms with Gasteiger partial charge in [0, 0.05) is 22.9 Å². The van der Waals surface area contributed by atoms with Gasteiger partial charge in [0.05, 0.1) is 17.9 Å². The number of hydrogen-bond acceptors (Lipinski definition) is 5. The van der Waals surface area contributed by atoms with Crippen molar-refractivity contribution in [1.29, 1.82) is 0 Å². The summed E-state index contributed by atoms with van der Waals surface area (Å²) in [6.07, 6.45) is 8.77. The zero-order valence-corrected chi connectivity index (χ0v) is 21.1. The van der Waals surface area contributed by atoms with Crippen molar-refractivity contribution in [1.82, 2.24) is 0 Å². The van der Waals surface area contributed by atoms with E-state index in [1.807, 2.05) is 13.0 Å². The molecule has 0 unspecified atom stereocenters. The summed E-state index contributed by atoms with van der Waals surface area (Å²) in [6, 6.07) is 17.0. The molecule has 0 saturated carbocycles. The van der Waals surface area contributed by atoms with Gasteiger partial charge in [0.15, 0.2) is 0 Å². The number of carbonyl (C=O) groups excluding carboxylic acids is 1. The van der Waals surface area contributed by atoms with E-state index in [1.165, 1.54) is 25.7 Å². The molecule has 0 aliphatic heterocycles. The predicted octanol–water partition coefficient (Wildman–Crippen LogP) is 8.06. The standard InChI is InChI=1S/C29H32ClNO4/c1-3-4-5-6-7-8-18-34-25-15-12-22(28(32)19-25)20-31-27-11-9-10-26(21(27)2)29(33)35-24-16-13-23(30)14-17-24/h9-17,19-20,32H,3-8,18H2,1-2H3. The number of benzene rings is 3. The van der Waals surface area contributed by atoms with Crippen LogP contribution in [0.15, 0.2) is 65.7 Å². The third-order valence-corrected chi connectivity index (χ3v) is 5.91. The molecule has 0 spiro atoms. The molecule has 0 fully saturated rings. The van der Waals surface area contributed by atoms with E-state index in [0.717, 1.165) is 12.8 Å². The van der Waals surface area contributed by atoms with Crippen LogP contribution in [0.2, 0.25) is 5.02 Å². The summed E-state index contributed by atoms with van der Waals surface area (Å²) in [5.41, 5.74) is 2.27. The molecule has 0 aromatic heterocycles. The van der Waals surface area contributed by atoms with E-state index in [-0.39, 0.29) is 5.75 Å². The summed E-state index contributed by atoms with van der Waals surface area (Å²) in [7, 11) is 0. The number of hydrogen-bond donors (Lipinski definition) is 1. The van der Waals surface area contributed by atoms with Crippen LogP contribution < -0.4 is 9.47 Å². The molecule has 0 amide bonds. The van der Waals surface area contributed by atoms with Gasteiger partial charge >= 0.3 is 5.97 Å². The van der Waals surface area contributed by atoms with Crippen molar-refractivity contribution in [2.24, 2.45) is 4.99 Å². The maximum atomic E-state index is 12.7. The van der Waals surface area contributed by atoms with Crippen molar-refractivity contribution in [2.75, 3.05) is 6.61 Å². The Hall–Kier alpha value is -3.31. The Bertz CT molecular complexity index is 1140. The molecule has 0 aliphatic carbocycles. The van der Waals surface area contributed by atoms with Crippen LogP contribution in [0, 0.1) is 6.92 Å². The van der Waals surface area contributed by atoms with Crippen LogP contribution in [0.25, 0.3) is 0 Å². The average Bonchev–Trinajstić information content (AvgIpc) is 2.85. The molecule has 0 heterocycles. The van der Waals surface area contributed by atoms with Gasteiger partial charge in [-0.15, -0.1) is 0 Å². The van der Waals surface area contributed by atoms with Gasteiger partial charge in [-0.1, -0.05) is 56.7 Å². The Labute approximate surface area is 212 Å². The first-order chi connectivity index (χ1) is 17.0. The molecule has 5 nitrogen and oxygen atoms in total.